The van der Waals surface area contributed by atoms with Crippen molar-refractivity contribution in [3.8, 4) is 17.6 Å². The van der Waals surface area contributed by atoms with Gasteiger partial charge in [0.2, 0.25) is 0 Å². The Kier molecular flexibility index (Phi) is 5.69. The molecule has 0 spiro atoms. The summed E-state index contributed by atoms with van der Waals surface area (Å²) in [4.78, 5) is 12.2. The molecule has 0 heterocycles. The molecule has 0 radical (unpaired) electrons. The summed E-state index contributed by atoms with van der Waals surface area (Å²) in [5.74, 6) is 5.61. The van der Waals surface area contributed by atoms with E-state index in [-0.39, 0.29) is 11.7 Å². The summed E-state index contributed by atoms with van der Waals surface area (Å²) in [6, 6.07) is 14.2. The highest BCUT2D eigenvalue weighted by molar-refractivity contribution is 9.10. The lowest BCUT2D eigenvalue weighted by Gasteiger charge is -2.20. The van der Waals surface area contributed by atoms with E-state index < -0.39 is 11.5 Å². The number of carbonyl (C=O) groups is 1. The summed E-state index contributed by atoms with van der Waals surface area (Å²) in [5.41, 5.74) is 0.648. The van der Waals surface area contributed by atoms with Crippen molar-refractivity contribution in [3.05, 3.63) is 64.1 Å². The van der Waals surface area contributed by atoms with E-state index in [4.69, 9.17) is 4.74 Å². The van der Waals surface area contributed by atoms with Crippen molar-refractivity contribution in [1.82, 2.24) is 0 Å². The molecule has 0 saturated carbocycles. The van der Waals surface area contributed by atoms with Crippen LogP contribution in [0.3, 0.4) is 0 Å². The number of phenols is 1. The van der Waals surface area contributed by atoms with Gasteiger partial charge < -0.3 is 9.84 Å². The fraction of sp³-hybridized carbons (Fsp3) is 0.250. The van der Waals surface area contributed by atoms with Gasteiger partial charge in [-0.05, 0) is 51.0 Å². The molecule has 0 aromatic heterocycles. The average molecular weight is 387 g/mol. The number of ether oxygens (including phenoxy) is 1. The Bertz CT molecular complexity index is 777. The van der Waals surface area contributed by atoms with E-state index in [1.165, 1.54) is 0 Å². The van der Waals surface area contributed by atoms with Crippen LogP contribution in [0.1, 0.15) is 38.0 Å². The maximum absolute atomic E-state index is 12.2. The van der Waals surface area contributed by atoms with Crippen LogP contribution in [0.15, 0.2) is 53.0 Å². The monoisotopic (exact) mass is 386 g/mol. The van der Waals surface area contributed by atoms with Crippen molar-refractivity contribution in [2.75, 3.05) is 0 Å². The van der Waals surface area contributed by atoms with Crippen LogP contribution in [0, 0.1) is 17.3 Å². The maximum Gasteiger partial charge on any atom is 0.312 e. The molecule has 0 aliphatic rings. The zero-order valence-electron chi connectivity index (χ0n) is 13.8. The molecule has 1 atom stereocenters. The number of hydrogen-bond acceptors (Lipinski definition) is 3. The van der Waals surface area contributed by atoms with Crippen molar-refractivity contribution in [1.29, 1.82) is 0 Å². The fourth-order valence-electron chi connectivity index (χ4n) is 1.82. The number of esters is 1. The van der Waals surface area contributed by atoms with Crippen LogP contribution < -0.4 is 0 Å². The van der Waals surface area contributed by atoms with Crippen molar-refractivity contribution in [3.63, 3.8) is 0 Å². The molecule has 4 heteroatoms. The number of rotatable bonds is 2. The van der Waals surface area contributed by atoms with Crippen LogP contribution in [0.5, 0.6) is 5.75 Å². The van der Waals surface area contributed by atoms with E-state index in [0.29, 0.717) is 5.56 Å². The molecule has 0 aliphatic heterocycles. The Morgan fingerprint density at radius 1 is 1.12 bits per heavy atom. The number of hydrogen-bond donors (Lipinski definition) is 1. The highest BCUT2D eigenvalue weighted by Gasteiger charge is 2.26. The lowest BCUT2D eigenvalue weighted by atomic mass is 9.97. The number of benzene rings is 2. The largest absolute Gasteiger partial charge is 0.507 e. The van der Waals surface area contributed by atoms with Gasteiger partial charge in [-0.3, -0.25) is 4.79 Å². The van der Waals surface area contributed by atoms with E-state index in [1.807, 2.05) is 24.3 Å². The Morgan fingerprint density at radius 3 is 2.33 bits per heavy atom. The number of carbonyl (C=O) groups excluding carboxylic acids is 1. The minimum absolute atomic E-state index is 0.0988. The third-order valence-corrected chi connectivity index (χ3v) is 3.78. The van der Waals surface area contributed by atoms with Crippen molar-refractivity contribution in [2.45, 2.75) is 26.9 Å². The second-order valence-electron chi connectivity index (χ2n) is 6.37. The summed E-state index contributed by atoms with van der Waals surface area (Å²) in [5, 5.41) is 9.83. The first kappa shape index (κ1) is 18.1. The number of halogens is 1. The molecular formula is C20H19BrO3. The van der Waals surface area contributed by atoms with Gasteiger partial charge in [0, 0.05) is 10.0 Å². The van der Waals surface area contributed by atoms with E-state index in [9.17, 15) is 9.90 Å². The molecule has 0 amide bonds. The lowest BCUT2D eigenvalue weighted by Crippen LogP contribution is -2.24. The normalized spacial score (nSPS) is 12.0. The van der Waals surface area contributed by atoms with Crippen LogP contribution in [0.25, 0.3) is 0 Å². The lowest BCUT2D eigenvalue weighted by molar-refractivity contribution is -0.156. The summed E-state index contributed by atoms with van der Waals surface area (Å²) < 4.78 is 6.52. The van der Waals surface area contributed by atoms with Crippen LogP contribution >= 0.6 is 15.9 Å². The van der Waals surface area contributed by atoms with Crippen LogP contribution in [-0.4, -0.2) is 11.1 Å². The number of aromatic hydroxyl groups is 1. The summed E-state index contributed by atoms with van der Waals surface area (Å²) >= 11 is 3.39. The molecule has 0 fully saturated rings. The Morgan fingerprint density at radius 2 is 1.75 bits per heavy atom. The summed E-state index contributed by atoms with van der Waals surface area (Å²) in [7, 11) is 0. The van der Waals surface area contributed by atoms with Gasteiger partial charge >= 0.3 is 5.97 Å². The maximum atomic E-state index is 12.2. The minimum atomic E-state index is -0.704. The Balaban J connectivity index is 2.35. The van der Waals surface area contributed by atoms with Crippen LogP contribution in [0.2, 0.25) is 0 Å². The predicted molar refractivity (Wildman–Crippen MR) is 97.4 cm³/mol. The zero-order chi connectivity index (χ0) is 17.7. The first-order valence-electron chi connectivity index (χ1n) is 7.53. The predicted octanol–water partition coefficient (Wildman–Crippen LogP) is 4.84. The highest BCUT2D eigenvalue weighted by atomic mass is 79.9. The molecule has 24 heavy (non-hydrogen) atoms. The molecule has 1 unspecified atom stereocenters. The quantitative estimate of drug-likeness (QED) is 0.593. The third kappa shape index (κ3) is 4.87. The van der Waals surface area contributed by atoms with Crippen molar-refractivity contribution in [2.24, 2.45) is 5.41 Å². The number of phenolic OH excluding ortho intramolecular Hbond substituents is 1. The minimum Gasteiger partial charge on any atom is -0.507 e. The van der Waals surface area contributed by atoms with Gasteiger partial charge in [-0.1, -0.05) is 46.1 Å². The third-order valence-electron chi connectivity index (χ3n) is 3.25. The molecule has 2 rings (SSSR count). The summed E-state index contributed by atoms with van der Waals surface area (Å²) in [6.07, 6.45) is -0.704. The standard InChI is InChI=1S/C20H19BrO3/c1-20(2,3)19(23)24-18(15-8-11-16(21)12-9-15)13-10-14-6-4-5-7-17(14)22/h4-9,11-12,18,22H,1-3H3. The SMILES string of the molecule is CC(C)(C)C(=O)OC(C#Cc1ccccc1O)c1ccc(Br)cc1. The highest BCUT2D eigenvalue weighted by Crippen LogP contribution is 2.25. The van der Waals surface area contributed by atoms with Gasteiger partial charge in [-0.15, -0.1) is 0 Å². The van der Waals surface area contributed by atoms with Crippen LogP contribution in [0.4, 0.5) is 0 Å². The smallest absolute Gasteiger partial charge is 0.312 e. The topological polar surface area (TPSA) is 46.5 Å². The van der Waals surface area contributed by atoms with E-state index in [1.54, 1.807) is 45.0 Å². The second-order valence-corrected chi connectivity index (χ2v) is 7.29. The van der Waals surface area contributed by atoms with Gasteiger partial charge in [-0.2, -0.15) is 0 Å². The zero-order valence-corrected chi connectivity index (χ0v) is 15.4. The second kappa shape index (κ2) is 7.55. The van der Waals surface area contributed by atoms with Gasteiger partial charge in [0.1, 0.15) is 5.75 Å². The Labute approximate surface area is 150 Å². The molecule has 2 aromatic rings. The number of para-hydroxylation sites is 1. The molecule has 0 bridgehead atoms. The first-order valence-corrected chi connectivity index (χ1v) is 8.33. The average Bonchev–Trinajstić information content (AvgIpc) is 2.52. The molecule has 0 aliphatic carbocycles. The van der Waals surface area contributed by atoms with Crippen molar-refractivity contribution >= 4 is 21.9 Å². The first-order chi connectivity index (χ1) is 11.3. The molecule has 2 aromatic carbocycles. The van der Waals surface area contributed by atoms with E-state index in [2.05, 4.69) is 27.8 Å². The van der Waals surface area contributed by atoms with E-state index in [0.717, 1.165) is 10.0 Å². The Hall–Kier alpha value is -2.25. The summed E-state index contributed by atoms with van der Waals surface area (Å²) in [6.45, 7) is 5.39. The van der Waals surface area contributed by atoms with Crippen LogP contribution in [-0.2, 0) is 9.53 Å². The molecule has 3 nitrogen and oxygen atoms in total. The van der Waals surface area contributed by atoms with E-state index >= 15 is 0 Å². The van der Waals surface area contributed by atoms with Crippen molar-refractivity contribution < 1.29 is 14.6 Å². The molecular weight excluding hydrogens is 368 g/mol. The molecule has 1 N–H and O–H groups in total. The van der Waals surface area contributed by atoms with Gasteiger partial charge in [-0.25, -0.2) is 0 Å². The van der Waals surface area contributed by atoms with Gasteiger partial charge in [0.25, 0.3) is 0 Å². The molecule has 124 valence electrons. The van der Waals surface area contributed by atoms with Gasteiger partial charge in [0.15, 0.2) is 6.10 Å². The van der Waals surface area contributed by atoms with Gasteiger partial charge in [0.05, 0.1) is 11.0 Å². The molecule has 0 saturated heterocycles. The fourth-order valence-corrected chi connectivity index (χ4v) is 2.09.